The molecule has 1 aliphatic heterocycles. The Kier molecular flexibility index (Phi) is 9.77. The quantitative estimate of drug-likeness (QED) is 0.122. The number of hydrogen-bond acceptors (Lipinski definition) is 3. The van der Waals surface area contributed by atoms with Crippen LogP contribution in [0.3, 0.4) is 0 Å². The summed E-state index contributed by atoms with van der Waals surface area (Å²) in [4.78, 5) is 18.2. The average molecular weight is 875 g/mol. The molecule has 9 rings (SSSR count). The van der Waals surface area contributed by atoms with Gasteiger partial charge in [0.2, 0.25) is 0 Å². The maximum Gasteiger partial charge on any atom is 0.115 e. The third-order valence-corrected chi connectivity index (χ3v) is 17.8. The first-order chi connectivity index (χ1) is 29.7. The van der Waals surface area contributed by atoms with E-state index in [1.54, 1.807) is 0 Å². The first-order valence-corrected chi connectivity index (χ1v) is 24.0. The number of aromatic nitrogens is 4. The van der Waals surface area contributed by atoms with Crippen molar-refractivity contribution in [3.8, 4) is 0 Å². The molecule has 1 aliphatic carbocycles. The van der Waals surface area contributed by atoms with E-state index in [1.807, 2.05) is 11.3 Å². The van der Waals surface area contributed by atoms with Crippen LogP contribution in [0.2, 0.25) is 0 Å². The minimum atomic E-state index is -0.389. The van der Waals surface area contributed by atoms with Crippen molar-refractivity contribution in [2.24, 2.45) is 0 Å². The summed E-state index contributed by atoms with van der Waals surface area (Å²) in [6.45, 7) is 36.7. The molecule has 0 amide bonds. The van der Waals surface area contributed by atoms with Crippen LogP contribution >= 0.6 is 11.3 Å². The van der Waals surface area contributed by atoms with E-state index in [9.17, 15) is 0 Å². The fourth-order valence-electron chi connectivity index (χ4n) is 10.0. The zero-order valence-electron chi connectivity index (χ0n) is 41.2. The van der Waals surface area contributed by atoms with E-state index in [-0.39, 0.29) is 43.3 Å². The number of allylic oxidation sites excluding steroid dienone is 4. The molecule has 0 spiro atoms. The zero-order valence-corrected chi connectivity index (χ0v) is 42.0. The normalized spacial score (nSPS) is 21.3. The van der Waals surface area contributed by atoms with Gasteiger partial charge in [0.25, 0.3) is 0 Å². The van der Waals surface area contributed by atoms with E-state index >= 15 is 0 Å². The van der Waals surface area contributed by atoms with E-state index in [0.29, 0.717) is 0 Å². The summed E-state index contributed by atoms with van der Waals surface area (Å²) in [5, 5.41) is 0. The third-order valence-electron chi connectivity index (χ3n) is 16.1. The van der Waals surface area contributed by atoms with Crippen LogP contribution in [0.4, 0.5) is 0 Å². The average Bonchev–Trinajstić information content (AvgIpc) is 4.11. The molecular formula is C57H70N4O2S. The Morgan fingerprint density at radius 3 is 0.922 bits per heavy atom. The molecule has 6 nitrogen and oxygen atoms in total. The van der Waals surface area contributed by atoms with Gasteiger partial charge in [-0.05, 0) is 188 Å². The summed E-state index contributed by atoms with van der Waals surface area (Å²) in [5.74, 6) is 3.82. The fourth-order valence-corrected chi connectivity index (χ4v) is 11.3. The number of H-pyrrole nitrogens is 4. The molecule has 7 aromatic rings. The molecule has 16 bridgehead atoms. The van der Waals surface area contributed by atoms with Gasteiger partial charge in [-0.2, -0.15) is 0 Å². The number of aromatic amines is 4. The van der Waals surface area contributed by atoms with Gasteiger partial charge in [0, 0.05) is 82.4 Å². The first-order valence-electron chi connectivity index (χ1n) is 23.2. The molecule has 7 aromatic heterocycles. The summed E-state index contributed by atoms with van der Waals surface area (Å²) in [5.41, 5.74) is 9.68. The summed E-state index contributed by atoms with van der Waals surface area (Å²) in [7, 11) is 0. The van der Waals surface area contributed by atoms with Crippen LogP contribution in [0.25, 0.3) is 0 Å². The summed E-state index contributed by atoms with van der Waals surface area (Å²) in [6.07, 6.45) is 5.57. The minimum absolute atomic E-state index is 0.201. The van der Waals surface area contributed by atoms with E-state index < -0.39 is 0 Å². The largest absolute Gasteiger partial charge is 0.464 e. The Morgan fingerprint density at radius 1 is 0.312 bits per heavy atom. The lowest BCUT2D eigenvalue weighted by atomic mass is 9.75. The minimum Gasteiger partial charge on any atom is -0.464 e. The van der Waals surface area contributed by atoms with Crippen molar-refractivity contribution in [3.63, 3.8) is 0 Å². The van der Waals surface area contributed by atoms with Gasteiger partial charge in [0.05, 0.1) is 16.2 Å². The van der Waals surface area contributed by atoms with Crippen molar-refractivity contribution in [2.45, 2.75) is 161 Å². The van der Waals surface area contributed by atoms with Gasteiger partial charge in [-0.25, -0.2) is 0 Å². The van der Waals surface area contributed by atoms with Crippen LogP contribution in [-0.4, -0.2) is 19.9 Å². The third kappa shape index (κ3) is 6.69. The van der Waals surface area contributed by atoms with Gasteiger partial charge in [-0.3, -0.25) is 0 Å². The molecule has 7 heteroatoms. The summed E-state index contributed by atoms with van der Waals surface area (Å²) >= 11 is 1.90. The molecule has 8 heterocycles. The number of furan rings is 2. The Bertz CT molecular complexity index is 2740. The van der Waals surface area contributed by atoms with Crippen molar-refractivity contribution in [2.75, 3.05) is 0 Å². The van der Waals surface area contributed by atoms with Gasteiger partial charge < -0.3 is 28.8 Å². The van der Waals surface area contributed by atoms with E-state index in [0.717, 1.165) is 52.2 Å². The molecule has 0 saturated heterocycles. The van der Waals surface area contributed by atoms with Crippen molar-refractivity contribution >= 4 is 11.3 Å². The molecule has 0 saturated carbocycles. The second kappa shape index (κ2) is 14.2. The first kappa shape index (κ1) is 44.1. The van der Waals surface area contributed by atoms with Crippen molar-refractivity contribution < 1.29 is 8.83 Å². The zero-order chi connectivity index (χ0) is 46.2. The highest BCUT2D eigenvalue weighted by Gasteiger charge is 2.41. The number of fused-ring (bicyclic) bond motifs is 16. The van der Waals surface area contributed by atoms with Crippen molar-refractivity contribution in [1.29, 1.82) is 0 Å². The lowest BCUT2D eigenvalue weighted by molar-refractivity contribution is 0.357. The van der Waals surface area contributed by atoms with Crippen molar-refractivity contribution in [1.82, 2.24) is 19.9 Å². The van der Waals surface area contributed by atoms with E-state index in [2.05, 4.69) is 228 Å². The molecule has 0 fully saturated rings. The number of thiophene rings is 1. The predicted molar refractivity (Wildman–Crippen MR) is 265 cm³/mol. The van der Waals surface area contributed by atoms with Crippen LogP contribution in [-0.2, 0) is 43.3 Å². The van der Waals surface area contributed by atoms with Crippen LogP contribution < -0.4 is 0 Å². The standard InChI is InChI=1S/C57H70N4O2S/c1-50(2)34-17-18-35(33-34)51(3,4)44-27-28-45(62-44)54(9,10)40-23-25-42(60-40)56(13,14)48-31-32-49(64-48)57(15,16)43-26-24-41(61-43)55(11,12)47-30-29-46(63-47)53(7,8)39-22-21-38(59-39)52(5,6)37-20-19-36(50)58-37/h17-32,58-61H,33H2,1-16H3. The van der Waals surface area contributed by atoms with Crippen LogP contribution in [0.1, 0.15) is 196 Å². The smallest absolute Gasteiger partial charge is 0.115 e. The SMILES string of the molecule is CC1(C)C2=CC=C(C2)C(C)(C)c2ccc(o2)C(C)(C)c2ccc([nH]2)C(C)(C)c2ccc(s2)C(C)(C)c2ccc([nH]2)C(C)(C)c2ccc(o2)C(C)(C)c2ccc([nH]2)C(C)(C)c2ccc1[nH]2. The Morgan fingerprint density at radius 2 is 0.578 bits per heavy atom. The predicted octanol–water partition coefficient (Wildman–Crippen LogP) is 15.0. The van der Waals surface area contributed by atoms with Crippen LogP contribution in [0.5, 0.6) is 0 Å². The number of rotatable bonds is 0. The van der Waals surface area contributed by atoms with Gasteiger partial charge >= 0.3 is 0 Å². The maximum atomic E-state index is 6.89. The van der Waals surface area contributed by atoms with Gasteiger partial charge in [-0.1, -0.05) is 37.1 Å². The second-order valence-corrected chi connectivity index (χ2v) is 24.3. The molecule has 0 unspecified atom stereocenters. The summed E-state index contributed by atoms with van der Waals surface area (Å²) < 4.78 is 13.8. The monoisotopic (exact) mass is 875 g/mol. The summed E-state index contributed by atoms with van der Waals surface area (Å²) in [6, 6.07) is 31.4. The Balaban J connectivity index is 1.11. The van der Waals surface area contributed by atoms with E-state index in [4.69, 9.17) is 8.83 Å². The second-order valence-electron chi connectivity index (χ2n) is 23.2. The molecule has 64 heavy (non-hydrogen) atoms. The highest BCUT2D eigenvalue weighted by Crippen LogP contribution is 2.48. The van der Waals surface area contributed by atoms with E-state index in [1.165, 1.54) is 43.7 Å². The highest BCUT2D eigenvalue weighted by molar-refractivity contribution is 7.12. The maximum absolute atomic E-state index is 6.89. The van der Waals surface area contributed by atoms with Gasteiger partial charge in [-0.15, -0.1) is 11.3 Å². The van der Waals surface area contributed by atoms with Crippen LogP contribution in [0, 0.1) is 0 Å². The number of nitrogens with one attached hydrogen (secondary N) is 4. The molecule has 4 N–H and O–H groups in total. The fraction of sp³-hybridized carbons (Fsp3) is 0.439. The molecule has 0 radical (unpaired) electrons. The topological polar surface area (TPSA) is 89.4 Å². The van der Waals surface area contributed by atoms with Crippen LogP contribution in [0.15, 0.2) is 117 Å². The van der Waals surface area contributed by atoms with Gasteiger partial charge in [0.15, 0.2) is 0 Å². The number of hydrogen-bond donors (Lipinski definition) is 4. The van der Waals surface area contributed by atoms with Gasteiger partial charge in [0.1, 0.15) is 23.0 Å². The lowest BCUT2D eigenvalue weighted by Gasteiger charge is -2.30. The molecular weight excluding hydrogens is 805 g/mol. The Hall–Kier alpha value is -5.14. The molecule has 0 atom stereocenters. The Labute approximate surface area is 385 Å². The van der Waals surface area contributed by atoms with Crippen molar-refractivity contribution in [3.05, 3.63) is 187 Å². The highest BCUT2D eigenvalue weighted by atomic mass is 32.1. The lowest BCUT2D eigenvalue weighted by Crippen LogP contribution is -2.25. The molecule has 2 aliphatic rings. The molecule has 336 valence electrons. The molecule has 0 aromatic carbocycles.